The quantitative estimate of drug-likeness (QED) is 0.375. The van der Waals surface area contributed by atoms with Crippen LogP contribution in [0.3, 0.4) is 0 Å². The Labute approximate surface area is 209 Å². The summed E-state index contributed by atoms with van der Waals surface area (Å²) in [5.41, 5.74) is 1.39. The SMILES string of the molecule is C#CCOc1ccc(Cl)cc1/C=c1\sc2n(c1=O)[C@H](c1ccc(F)cc1)C(C(=O)OCC)=C(C)N=2. The van der Waals surface area contributed by atoms with E-state index in [1.165, 1.54) is 28.8 Å². The molecule has 1 aliphatic heterocycles. The number of terminal acetylenes is 1. The number of aromatic nitrogens is 1. The zero-order chi connectivity index (χ0) is 25.1. The van der Waals surface area contributed by atoms with E-state index >= 15 is 0 Å². The highest BCUT2D eigenvalue weighted by Crippen LogP contribution is 2.31. The molecule has 3 aromatic rings. The highest BCUT2D eigenvalue weighted by Gasteiger charge is 2.33. The van der Waals surface area contributed by atoms with Crippen LogP contribution in [0, 0.1) is 18.2 Å². The van der Waals surface area contributed by atoms with Gasteiger partial charge in [0.25, 0.3) is 5.56 Å². The first-order valence-electron chi connectivity index (χ1n) is 10.6. The van der Waals surface area contributed by atoms with Crippen molar-refractivity contribution in [2.24, 2.45) is 4.99 Å². The average Bonchev–Trinajstić information content (AvgIpc) is 3.12. The van der Waals surface area contributed by atoms with Gasteiger partial charge in [0, 0.05) is 10.6 Å². The van der Waals surface area contributed by atoms with E-state index in [0.29, 0.717) is 36.9 Å². The first kappa shape index (κ1) is 24.5. The minimum Gasteiger partial charge on any atom is -0.480 e. The van der Waals surface area contributed by atoms with Crippen molar-refractivity contribution >= 4 is 35.0 Å². The fourth-order valence-corrected chi connectivity index (χ4v) is 4.99. The lowest BCUT2D eigenvalue weighted by Crippen LogP contribution is -2.39. The Hall–Kier alpha value is -3.67. The molecule has 0 radical (unpaired) electrons. The number of fused-ring (bicyclic) bond motifs is 1. The number of carbonyl (C=O) groups is 1. The van der Waals surface area contributed by atoms with Gasteiger partial charge in [-0.2, -0.15) is 0 Å². The lowest BCUT2D eigenvalue weighted by Gasteiger charge is -2.24. The van der Waals surface area contributed by atoms with Crippen molar-refractivity contribution in [3.05, 3.63) is 95.4 Å². The molecule has 0 bridgehead atoms. The molecule has 2 heterocycles. The summed E-state index contributed by atoms with van der Waals surface area (Å²) >= 11 is 7.33. The molecule has 0 spiro atoms. The molecule has 0 aliphatic carbocycles. The largest absolute Gasteiger partial charge is 0.480 e. The lowest BCUT2D eigenvalue weighted by molar-refractivity contribution is -0.139. The van der Waals surface area contributed by atoms with E-state index in [0.717, 1.165) is 11.3 Å². The van der Waals surface area contributed by atoms with Crippen LogP contribution in [-0.4, -0.2) is 23.8 Å². The van der Waals surface area contributed by atoms with Crippen molar-refractivity contribution in [2.75, 3.05) is 13.2 Å². The van der Waals surface area contributed by atoms with E-state index in [9.17, 15) is 14.0 Å². The molecule has 178 valence electrons. The van der Waals surface area contributed by atoms with Gasteiger partial charge in [-0.1, -0.05) is 41.0 Å². The molecule has 0 N–H and O–H groups in total. The number of hydrogen-bond acceptors (Lipinski definition) is 6. The second kappa shape index (κ2) is 10.3. The number of carbonyl (C=O) groups excluding carboxylic acids is 1. The van der Waals surface area contributed by atoms with E-state index in [4.69, 9.17) is 27.5 Å². The normalized spacial score (nSPS) is 15.3. The van der Waals surface area contributed by atoms with Crippen LogP contribution in [0.1, 0.15) is 31.0 Å². The summed E-state index contributed by atoms with van der Waals surface area (Å²) in [6.45, 7) is 3.59. The van der Waals surface area contributed by atoms with Crippen LogP contribution >= 0.6 is 22.9 Å². The Morgan fingerprint density at radius 3 is 2.74 bits per heavy atom. The molecular weight excluding hydrogens is 491 g/mol. The number of esters is 1. The maximum absolute atomic E-state index is 13.7. The van der Waals surface area contributed by atoms with Gasteiger partial charge < -0.3 is 9.47 Å². The van der Waals surface area contributed by atoms with Gasteiger partial charge in [0.15, 0.2) is 4.80 Å². The molecule has 1 aromatic heterocycles. The first-order chi connectivity index (χ1) is 16.8. The molecule has 0 unspecified atom stereocenters. The highest BCUT2D eigenvalue weighted by molar-refractivity contribution is 7.07. The lowest BCUT2D eigenvalue weighted by atomic mass is 9.96. The Kier molecular flexibility index (Phi) is 7.20. The fraction of sp³-hybridized carbons (Fsp3) is 0.192. The Bertz CT molecular complexity index is 1550. The number of allylic oxidation sites excluding steroid dienone is 1. The molecule has 6 nitrogen and oxygen atoms in total. The Morgan fingerprint density at radius 2 is 2.06 bits per heavy atom. The summed E-state index contributed by atoms with van der Waals surface area (Å²) in [6.07, 6.45) is 6.96. The summed E-state index contributed by atoms with van der Waals surface area (Å²) in [7, 11) is 0. The molecule has 0 saturated heterocycles. The summed E-state index contributed by atoms with van der Waals surface area (Å²) in [6, 6.07) is 9.82. The minimum atomic E-state index is -0.829. The van der Waals surface area contributed by atoms with E-state index < -0.39 is 17.8 Å². The van der Waals surface area contributed by atoms with Gasteiger partial charge in [0.2, 0.25) is 0 Å². The van der Waals surface area contributed by atoms with Crippen LogP contribution in [0.2, 0.25) is 5.02 Å². The first-order valence-corrected chi connectivity index (χ1v) is 11.8. The predicted molar refractivity (Wildman–Crippen MR) is 133 cm³/mol. The molecule has 9 heteroatoms. The molecule has 0 fully saturated rings. The Balaban J connectivity index is 1.94. The van der Waals surface area contributed by atoms with Gasteiger partial charge >= 0.3 is 5.97 Å². The molecule has 0 saturated carbocycles. The molecule has 2 aromatic carbocycles. The number of halogens is 2. The summed E-state index contributed by atoms with van der Waals surface area (Å²) < 4.78 is 26.3. The monoisotopic (exact) mass is 510 g/mol. The van der Waals surface area contributed by atoms with Crippen molar-refractivity contribution in [2.45, 2.75) is 19.9 Å². The van der Waals surface area contributed by atoms with Crippen LogP contribution in [0.5, 0.6) is 5.75 Å². The van der Waals surface area contributed by atoms with Crippen LogP contribution < -0.4 is 19.6 Å². The minimum absolute atomic E-state index is 0.0520. The standard InChI is InChI=1S/C26H20ClFN2O4S/c1-4-12-34-20-11-8-18(27)13-17(20)14-21-24(31)30-23(16-6-9-19(28)10-7-16)22(25(32)33-5-2)15(3)29-26(30)35-21/h1,6-11,13-14,23H,5,12H2,2-3H3/b21-14-/t23-/m1/s1. The summed E-state index contributed by atoms with van der Waals surface area (Å²) in [5.74, 6) is 1.86. The van der Waals surface area contributed by atoms with Crippen molar-refractivity contribution in [3.63, 3.8) is 0 Å². The van der Waals surface area contributed by atoms with Gasteiger partial charge in [-0.15, -0.1) is 6.42 Å². The second-order valence-electron chi connectivity index (χ2n) is 7.53. The number of rotatable bonds is 6. The number of ether oxygens (including phenoxy) is 2. The van der Waals surface area contributed by atoms with Crippen molar-refractivity contribution in [1.82, 2.24) is 4.57 Å². The maximum atomic E-state index is 13.7. The summed E-state index contributed by atoms with van der Waals surface area (Å²) in [4.78, 5) is 31.4. The topological polar surface area (TPSA) is 69.9 Å². The van der Waals surface area contributed by atoms with Gasteiger partial charge in [-0.3, -0.25) is 9.36 Å². The third-order valence-corrected chi connectivity index (χ3v) is 6.49. The molecular formula is C26H20ClFN2O4S. The van der Waals surface area contributed by atoms with E-state index in [2.05, 4.69) is 10.9 Å². The molecule has 35 heavy (non-hydrogen) atoms. The van der Waals surface area contributed by atoms with Crippen LogP contribution in [-0.2, 0) is 9.53 Å². The highest BCUT2D eigenvalue weighted by atomic mass is 35.5. The van der Waals surface area contributed by atoms with E-state index in [-0.39, 0.29) is 24.3 Å². The fourth-order valence-electron chi connectivity index (χ4n) is 3.78. The molecule has 4 rings (SSSR count). The zero-order valence-corrected chi connectivity index (χ0v) is 20.5. The molecule has 0 amide bonds. The Morgan fingerprint density at radius 1 is 1.31 bits per heavy atom. The third kappa shape index (κ3) is 4.92. The second-order valence-corrected chi connectivity index (χ2v) is 8.97. The van der Waals surface area contributed by atoms with Crippen LogP contribution in [0.15, 0.2) is 63.5 Å². The maximum Gasteiger partial charge on any atom is 0.338 e. The van der Waals surface area contributed by atoms with Gasteiger partial charge in [-0.05, 0) is 55.8 Å². The van der Waals surface area contributed by atoms with Crippen molar-refractivity contribution < 1.29 is 18.7 Å². The van der Waals surface area contributed by atoms with Crippen molar-refractivity contribution in [3.8, 4) is 18.1 Å². The summed E-state index contributed by atoms with van der Waals surface area (Å²) in [5, 5.41) is 0.460. The number of benzene rings is 2. The number of nitrogens with zero attached hydrogens (tertiary/aromatic N) is 2. The van der Waals surface area contributed by atoms with Crippen LogP contribution in [0.4, 0.5) is 4.39 Å². The smallest absolute Gasteiger partial charge is 0.338 e. The van der Waals surface area contributed by atoms with E-state index in [1.807, 2.05) is 0 Å². The number of hydrogen-bond donors (Lipinski definition) is 0. The van der Waals surface area contributed by atoms with Crippen LogP contribution in [0.25, 0.3) is 6.08 Å². The third-order valence-electron chi connectivity index (χ3n) is 5.27. The van der Waals surface area contributed by atoms with Crippen molar-refractivity contribution in [1.29, 1.82) is 0 Å². The molecule has 1 atom stereocenters. The van der Waals surface area contributed by atoms with Gasteiger partial charge in [0.05, 0.1) is 28.5 Å². The number of thiazole rings is 1. The predicted octanol–water partition coefficient (Wildman–Crippen LogP) is 3.60. The van der Waals surface area contributed by atoms with E-state index in [1.54, 1.807) is 38.1 Å². The van der Waals surface area contributed by atoms with Gasteiger partial charge in [0.1, 0.15) is 18.2 Å². The molecule has 1 aliphatic rings. The average molecular weight is 511 g/mol. The zero-order valence-electron chi connectivity index (χ0n) is 18.9. The van der Waals surface area contributed by atoms with Gasteiger partial charge in [-0.25, -0.2) is 14.2 Å².